The number of aryl methyl sites for hydroxylation is 1. The van der Waals surface area contributed by atoms with Crippen molar-refractivity contribution < 1.29 is 0 Å². The van der Waals surface area contributed by atoms with E-state index in [0.717, 1.165) is 23.4 Å². The largest absolute Gasteiger partial charge is 0.369 e. The molecule has 0 atom stereocenters. The van der Waals surface area contributed by atoms with E-state index in [2.05, 4.69) is 20.4 Å². The first kappa shape index (κ1) is 12.7. The Balaban J connectivity index is 1.82. The zero-order chi connectivity index (χ0) is 13.3. The Labute approximate surface area is 117 Å². The summed E-state index contributed by atoms with van der Waals surface area (Å²) in [4.78, 5) is 8.57. The zero-order valence-electron chi connectivity index (χ0n) is 11.1. The van der Waals surface area contributed by atoms with Gasteiger partial charge in [0.1, 0.15) is 12.1 Å². The first-order chi connectivity index (χ1) is 9.24. The number of alkyl halides is 1. The molecule has 5 nitrogen and oxygen atoms in total. The molecule has 0 aromatic carbocycles. The average molecular weight is 280 g/mol. The van der Waals surface area contributed by atoms with E-state index in [9.17, 15) is 0 Å². The van der Waals surface area contributed by atoms with Crippen LogP contribution >= 0.6 is 11.6 Å². The van der Waals surface area contributed by atoms with Gasteiger partial charge in [0.2, 0.25) is 0 Å². The lowest BCUT2D eigenvalue weighted by molar-refractivity contribution is 0.368. The first-order valence-electron chi connectivity index (χ1n) is 6.67. The van der Waals surface area contributed by atoms with Crippen molar-refractivity contribution in [3.63, 3.8) is 0 Å². The molecule has 1 fully saturated rings. The summed E-state index contributed by atoms with van der Waals surface area (Å²) in [5, 5.41) is 8.63. The molecule has 6 heteroatoms. The molecule has 2 aromatic heterocycles. The van der Waals surface area contributed by atoms with Crippen LogP contribution in [0.1, 0.15) is 25.7 Å². The van der Waals surface area contributed by atoms with Crippen molar-refractivity contribution in [2.45, 2.75) is 25.7 Å². The zero-order valence-corrected chi connectivity index (χ0v) is 11.8. The third-order valence-electron chi connectivity index (χ3n) is 4.11. The summed E-state index contributed by atoms with van der Waals surface area (Å²) in [5.41, 5.74) is 1.07. The second-order valence-electron chi connectivity index (χ2n) is 5.42. The van der Waals surface area contributed by atoms with Crippen molar-refractivity contribution in [2.24, 2.45) is 12.5 Å². The van der Waals surface area contributed by atoms with Crippen molar-refractivity contribution in [2.75, 3.05) is 17.7 Å². The molecule has 19 heavy (non-hydrogen) atoms. The van der Waals surface area contributed by atoms with Gasteiger partial charge in [-0.3, -0.25) is 4.68 Å². The number of nitrogens with one attached hydrogen (secondary N) is 1. The maximum absolute atomic E-state index is 6.16. The van der Waals surface area contributed by atoms with Gasteiger partial charge in [0.05, 0.1) is 11.6 Å². The van der Waals surface area contributed by atoms with E-state index in [1.165, 1.54) is 25.7 Å². The summed E-state index contributed by atoms with van der Waals surface area (Å²) in [5.74, 6) is 1.57. The van der Waals surface area contributed by atoms with Gasteiger partial charge in [-0.25, -0.2) is 9.97 Å². The van der Waals surface area contributed by atoms with Gasteiger partial charge in [-0.15, -0.1) is 11.6 Å². The Kier molecular flexibility index (Phi) is 3.31. The van der Waals surface area contributed by atoms with Crippen LogP contribution in [0.4, 0.5) is 5.82 Å². The second kappa shape index (κ2) is 4.96. The van der Waals surface area contributed by atoms with Gasteiger partial charge in [-0.1, -0.05) is 12.8 Å². The second-order valence-corrected chi connectivity index (χ2v) is 5.69. The Morgan fingerprint density at radius 1 is 1.37 bits per heavy atom. The quantitative estimate of drug-likeness (QED) is 0.874. The van der Waals surface area contributed by atoms with E-state index < -0.39 is 0 Å². The standard InChI is InChI=1S/C13H18ClN5/c1-19-12-10(6-18-19)11(16-9-17-12)15-8-13(7-14)4-2-3-5-13/h6,9H,2-5,7-8H2,1H3,(H,15,16,17). The van der Waals surface area contributed by atoms with Gasteiger partial charge < -0.3 is 5.32 Å². The molecule has 3 rings (SSSR count). The molecule has 1 aliphatic carbocycles. The van der Waals surface area contributed by atoms with Crippen LogP contribution in [-0.2, 0) is 7.05 Å². The Morgan fingerprint density at radius 3 is 2.89 bits per heavy atom. The molecule has 0 unspecified atom stereocenters. The molecule has 0 saturated heterocycles. The molecule has 0 aliphatic heterocycles. The van der Waals surface area contributed by atoms with E-state index >= 15 is 0 Å². The number of fused-ring (bicyclic) bond motifs is 1. The molecular formula is C13H18ClN5. The lowest BCUT2D eigenvalue weighted by atomic mass is 9.88. The molecule has 102 valence electrons. The fourth-order valence-corrected chi connectivity index (χ4v) is 3.22. The maximum atomic E-state index is 6.16. The van der Waals surface area contributed by atoms with Crippen LogP contribution in [0.2, 0.25) is 0 Å². The van der Waals surface area contributed by atoms with Crippen molar-refractivity contribution in [1.29, 1.82) is 0 Å². The molecule has 0 spiro atoms. The van der Waals surface area contributed by atoms with Crippen LogP contribution in [0.25, 0.3) is 11.0 Å². The average Bonchev–Trinajstić information content (AvgIpc) is 3.05. The highest BCUT2D eigenvalue weighted by Gasteiger charge is 2.33. The third kappa shape index (κ3) is 2.27. The number of nitrogens with zero attached hydrogens (tertiary/aromatic N) is 4. The number of halogens is 1. The summed E-state index contributed by atoms with van der Waals surface area (Å²) in [6, 6.07) is 0. The number of hydrogen-bond acceptors (Lipinski definition) is 4. The maximum Gasteiger partial charge on any atom is 0.163 e. The van der Waals surface area contributed by atoms with Gasteiger partial charge >= 0.3 is 0 Å². The van der Waals surface area contributed by atoms with Crippen molar-refractivity contribution >= 4 is 28.5 Å². The summed E-state index contributed by atoms with van der Waals surface area (Å²) in [6.07, 6.45) is 8.34. The van der Waals surface area contributed by atoms with Gasteiger partial charge in [0.15, 0.2) is 5.65 Å². The third-order valence-corrected chi connectivity index (χ3v) is 4.67. The van der Waals surface area contributed by atoms with Crippen LogP contribution < -0.4 is 5.32 Å². The minimum absolute atomic E-state index is 0.223. The van der Waals surface area contributed by atoms with Crippen LogP contribution in [0.3, 0.4) is 0 Å². The molecular weight excluding hydrogens is 262 g/mol. The minimum Gasteiger partial charge on any atom is -0.369 e. The normalized spacial score (nSPS) is 18.0. The van der Waals surface area contributed by atoms with Crippen LogP contribution in [0, 0.1) is 5.41 Å². The SMILES string of the molecule is Cn1ncc2c(NCC3(CCl)CCCC3)ncnc21. The Morgan fingerprint density at radius 2 is 2.16 bits per heavy atom. The van der Waals surface area contributed by atoms with Gasteiger partial charge in [-0.05, 0) is 12.8 Å². The summed E-state index contributed by atoms with van der Waals surface area (Å²) in [7, 11) is 1.89. The lowest BCUT2D eigenvalue weighted by Gasteiger charge is -2.26. The van der Waals surface area contributed by atoms with E-state index in [1.54, 1.807) is 17.2 Å². The highest BCUT2D eigenvalue weighted by atomic mass is 35.5. The molecule has 2 heterocycles. The first-order valence-corrected chi connectivity index (χ1v) is 7.20. The fourth-order valence-electron chi connectivity index (χ4n) is 2.86. The highest BCUT2D eigenvalue weighted by Crippen LogP contribution is 2.39. The number of anilines is 1. The number of hydrogen-bond donors (Lipinski definition) is 1. The summed E-state index contributed by atoms with van der Waals surface area (Å²) < 4.78 is 1.76. The van der Waals surface area contributed by atoms with Crippen LogP contribution in [0.5, 0.6) is 0 Å². The molecule has 1 saturated carbocycles. The van der Waals surface area contributed by atoms with Crippen molar-refractivity contribution in [1.82, 2.24) is 19.7 Å². The van der Waals surface area contributed by atoms with E-state index in [-0.39, 0.29) is 5.41 Å². The summed E-state index contributed by atoms with van der Waals surface area (Å²) in [6.45, 7) is 0.873. The predicted molar refractivity (Wildman–Crippen MR) is 76.4 cm³/mol. The van der Waals surface area contributed by atoms with Gasteiger partial charge in [0.25, 0.3) is 0 Å². The van der Waals surface area contributed by atoms with E-state index in [1.807, 2.05) is 7.05 Å². The van der Waals surface area contributed by atoms with Gasteiger partial charge in [-0.2, -0.15) is 5.10 Å². The van der Waals surface area contributed by atoms with Crippen LogP contribution in [-0.4, -0.2) is 32.2 Å². The lowest BCUT2D eigenvalue weighted by Crippen LogP contribution is -2.28. The predicted octanol–water partition coefficient (Wildman–Crippen LogP) is 2.57. The van der Waals surface area contributed by atoms with E-state index in [4.69, 9.17) is 11.6 Å². The topological polar surface area (TPSA) is 55.6 Å². The number of rotatable bonds is 4. The van der Waals surface area contributed by atoms with Crippen molar-refractivity contribution in [3.8, 4) is 0 Å². The smallest absolute Gasteiger partial charge is 0.163 e. The van der Waals surface area contributed by atoms with Crippen LogP contribution in [0.15, 0.2) is 12.5 Å². The monoisotopic (exact) mass is 279 g/mol. The molecule has 0 bridgehead atoms. The Bertz CT molecular complexity index is 573. The highest BCUT2D eigenvalue weighted by molar-refractivity contribution is 6.18. The Hall–Kier alpha value is -1.36. The number of aromatic nitrogens is 4. The van der Waals surface area contributed by atoms with E-state index in [0.29, 0.717) is 5.88 Å². The molecule has 0 amide bonds. The minimum atomic E-state index is 0.223. The molecule has 2 aromatic rings. The molecule has 0 radical (unpaired) electrons. The summed E-state index contributed by atoms with van der Waals surface area (Å²) >= 11 is 6.16. The fraction of sp³-hybridized carbons (Fsp3) is 0.615. The van der Waals surface area contributed by atoms with Gasteiger partial charge in [0, 0.05) is 24.9 Å². The molecule has 1 aliphatic rings. The van der Waals surface area contributed by atoms with Crippen molar-refractivity contribution in [3.05, 3.63) is 12.5 Å². The molecule has 1 N–H and O–H groups in total.